The highest BCUT2D eigenvalue weighted by molar-refractivity contribution is 5.86. The molecule has 3 unspecified atom stereocenters. The van der Waals surface area contributed by atoms with Crippen LogP contribution in [0.1, 0.15) is 59.9 Å². The second-order valence-electron chi connectivity index (χ2n) is 15.2. The van der Waals surface area contributed by atoms with Crippen molar-refractivity contribution >= 4 is 11.3 Å². The Morgan fingerprint density at radius 3 is 1.93 bits per heavy atom. The molecule has 1 heteroatoms. The van der Waals surface area contributed by atoms with Gasteiger partial charge < -0.3 is 5.32 Å². The van der Waals surface area contributed by atoms with Gasteiger partial charge in [0.15, 0.2) is 0 Å². The first-order chi connectivity index (χ1) is 27.1. The third kappa shape index (κ3) is 6.99. The predicted molar refractivity (Wildman–Crippen MR) is 234 cm³/mol. The monoisotopic (exact) mass is 709 g/mol. The first kappa shape index (κ1) is 34.6. The zero-order valence-corrected chi connectivity index (χ0v) is 31.8. The van der Waals surface area contributed by atoms with Crippen molar-refractivity contribution in [3.05, 3.63) is 216 Å². The summed E-state index contributed by atoms with van der Waals surface area (Å²) in [6.07, 6.45) is 9.70. The summed E-state index contributed by atoms with van der Waals surface area (Å²) in [5.74, 6) is 0.768. The van der Waals surface area contributed by atoms with E-state index >= 15 is 0 Å². The topological polar surface area (TPSA) is 12.0 Å². The minimum absolute atomic E-state index is 0.215. The molecule has 1 nitrogen and oxygen atoms in total. The van der Waals surface area contributed by atoms with Crippen LogP contribution in [0.3, 0.4) is 0 Å². The highest BCUT2D eigenvalue weighted by Gasteiger charge is 2.30. The fraction of sp³-hybridized carbons (Fsp3) is 0.148. The minimum atomic E-state index is 0.215. The number of anilines is 1. The average Bonchev–Trinajstić information content (AvgIpc) is 3.26. The van der Waals surface area contributed by atoms with Crippen LogP contribution in [0.2, 0.25) is 0 Å². The van der Waals surface area contributed by atoms with E-state index in [1.165, 1.54) is 83.6 Å². The van der Waals surface area contributed by atoms with E-state index in [1.54, 1.807) is 0 Å². The van der Waals surface area contributed by atoms with E-state index in [4.69, 9.17) is 0 Å². The number of para-hydroxylation sites is 1. The second kappa shape index (κ2) is 15.3. The SMILES string of the molecule is CCc1ccc(-c2ccc3c(c2)-c2ccccc2CC3C(C)c2ccc(-c3ccccc3)cc2)cc1-c1ccccc1NC1C=CC=C(c2ccccc2)C1. The molecule has 0 spiro atoms. The summed E-state index contributed by atoms with van der Waals surface area (Å²) < 4.78 is 0. The second-order valence-corrected chi connectivity index (χ2v) is 15.2. The Morgan fingerprint density at radius 1 is 0.545 bits per heavy atom. The molecule has 9 rings (SSSR count). The van der Waals surface area contributed by atoms with Crippen LogP contribution >= 0.6 is 0 Å². The van der Waals surface area contributed by atoms with Gasteiger partial charge in [-0.2, -0.15) is 0 Å². The lowest BCUT2D eigenvalue weighted by atomic mass is 9.71. The number of benzene rings is 7. The highest BCUT2D eigenvalue weighted by Crippen LogP contribution is 2.47. The quantitative estimate of drug-likeness (QED) is 0.157. The van der Waals surface area contributed by atoms with E-state index in [2.05, 4.69) is 207 Å². The van der Waals surface area contributed by atoms with Crippen molar-refractivity contribution in [1.29, 1.82) is 0 Å². The Labute approximate surface area is 326 Å². The van der Waals surface area contributed by atoms with Gasteiger partial charge in [-0.05, 0) is 122 Å². The van der Waals surface area contributed by atoms with Crippen LogP contribution in [0.5, 0.6) is 0 Å². The molecular weight excluding hydrogens is 663 g/mol. The van der Waals surface area contributed by atoms with Gasteiger partial charge in [-0.15, -0.1) is 0 Å². The summed E-state index contributed by atoms with van der Waals surface area (Å²) in [5, 5.41) is 3.92. The average molecular weight is 710 g/mol. The van der Waals surface area contributed by atoms with Crippen molar-refractivity contribution < 1.29 is 0 Å². The molecule has 0 heterocycles. The summed E-state index contributed by atoms with van der Waals surface area (Å²) in [7, 11) is 0. The van der Waals surface area contributed by atoms with Gasteiger partial charge in [-0.3, -0.25) is 0 Å². The van der Waals surface area contributed by atoms with Gasteiger partial charge in [0.05, 0.1) is 0 Å². The fourth-order valence-corrected chi connectivity index (χ4v) is 8.89. The van der Waals surface area contributed by atoms with Crippen LogP contribution in [-0.4, -0.2) is 6.04 Å². The molecule has 2 aliphatic carbocycles. The zero-order valence-electron chi connectivity index (χ0n) is 31.8. The first-order valence-electron chi connectivity index (χ1n) is 19.9. The maximum atomic E-state index is 3.92. The normalized spacial score (nSPS) is 16.4. The molecule has 7 aromatic rings. The van der Waals surface area contributed by atoms with Gasteiger partial charge in [0.25, 0.3) is 0 Å². The van der Waals surface area contributed by atoms with Crippen molar-refractivity contribution in [1.82, 2.24) is 0 Å². The Balaban J connectivity index is 1.04. The largest absolute Gasteiger partial charge is 0.378 e. The van der Waals surface area contributed by atoms with E-state index in [0.717, 1.165) is 19.3 Å². The Bertz CT molecular complexity index is 2500. The minimum Gasteiger partial charge on any atom is -0.378 e. The van der Waals surface area contributed by atoms with E-state index in [0.29, 0.717) is 11.8 Å². The van der Waals surface area contributed by atoms with Crippen molar-refractivity contribution in [2.24, 2.45) is 0 Å². The molecule has 0 radical (unpaired) electrons. The van der Waals surface area contributed by atoms with Crippen LogP contribution in [0.15, 0.2) is 188 Å². The van der Waals surface area contributed by atoms with Gasteiger partial charge >= 0.3 is 0 Å². The molecule has 0 saturated carbocycles. The van der Waals surface area contributed by atoms with Gasteiger partial charge in [-0.25, -0.2) is 0 Å². The Kier molecular flexibility index (Phi) is 9.61. The van der Waals surface area contributed by atoms with Crippen molar-refractivity contribution in [2.75, 3.05) is 5.32 Å². The van der Waals surface area contributed by atoms with Gasteiger partial charge in [-0.1, -0.05) is 184 Å². The van der Waals surface area contributed by atoms with Crippen LogP contribution < -0.4 is 5.32 Å². The molecule has 0 saturated heterocycles. The molecule has 0 aromatic heterocycles. The number of hydrogen-bond donors (Lipinski definition) is 1. The van der Waals surface area contributed by atoms with Crippen LogP contribution in [0, 0.1) is 0 Å². The molecular formula is C54H47N. The molecule has 0 aliphatic heterocycles. The van der Waals surface area contributed by atoms with E-state index < -0.39 is 0 Å². The lowest BCUT2D eigenvalue weighted by Gasteiger charge is -2.33. The lowest BCUT2D eigenvalue weighted by molar-refractivity contribution is 0.568. The lowest BCUT2D eigenvalue weighted by Crippen LogP contribution is -2.19. The summed E-state index contributed by atoms with van der Waals surface area (Å²) in [4.78, 5) is 0. The Hall–Kier alpha value is -6.18. The molecule has 1 N–H and O–H groups in total. The molecule has 3 atom stereocenters. The van der Waals surface area contributed by atoms with Gasteiger partial charge in [0.2, 0.25) is 0 Å². The van der Waals surface area contributed by atoms with Crippen molar-refractivity contribution in [3.8, 4) is 44.5 Å². The van der Waals surface area contributed by atoms with Gasteiger partial charge in [0.1, 0.15) is 0 Å². The molecule has 2 aliphatic rings. The summed E-state index contributed by atoms with van der Waals surface area (Å²) in [5.41, 5.74) is 19.8. The number of aryl methyl sites for hydroxylation is 1. The molecule has 0 amide bonds. The maximum Gasteiger partial charge on any atom is 0.0488 e. The van der Waals surface area contributed by atoms with E-state index in [9.17, 15) is 0 Å². The molecule has 268 valence electrons. The number of hydrogen-bond acceptors (Lipinski definition) is 1. The number of fused-ring (bicyclic) bond motifs is 3. The van der Waals surface area contributed by atoms with Crippen LogP contribution in [0.4, 0.5) is 5.69 Å². The highest BCUT2D eigenvalue weighted by atomic mass is 14.9. The fourth-order valence-electron chi connectivity index (χ4n) is 8.89. The summed E-state index contributed by atoms with van der Waals surface area (Å²) in [6.45, 7) is 4.68. The third-order valence-corrected chi connectivity index (χ3v) is 12.0. The third-order valence-electron chi connectivity index (χ3n) is 12.0. The van der Waals surface area contributed by atoms with Crippen molar-refractivity contribution in [2.45, 2.75) is 51.0 Å². The standard InChI is InChI=1S/C54H47N/c1-3-38-25-30-44(34-52(38)50-23-12-13-24-54(50)55-47-21-14-20-43(33-47)41-17-8-5-9-18-41)45-31-32-49-51(36-46-19-10-11-22-48(46)53(49)35-45)37(2)39-26-28-42(29-27-39)40-15-6-4-7-16-40/h4-32,34-35,37,47,51,55H,3,33,36H2,1-2H3. The van der Waals surface area contributed by atoms with Gasteiger partial charge in [0, 0.05) is 17.3 Å². The maximum absolute atomic E-state index is 3.92. The Morgan fingerprint density at radius 2 is 1.16 bits per heavy atom. The zero-order chi connectivity index (χ0) is 37.1. The predicted octanol–water partition coefficient (Wildman–Crippen LogP) is 14.2. The van der Waals surface area contributed by atoms with Crippen LogP contribution in [-0.2, 0) is 12.8 Å². The molecule has 0 bridgehead atoms. The van der Waals surface area contributed by atoms with E-state index in [1.807, 2.05) is 0 Å². The number of allylic oxidation sites excluding steroid dienone is 2. The first-order valence-corrected chi connectivity index (χ1v) is 19.9. The summed E-state index contributed by atoms with van der Waals surface area (Å²) in [6, 6.07) is 63.1. The van der Waals surface area contributed by atoms with E-state index in [-0.39, 0.29) is 6.04 Å². The molecule has 0 fully saturated rings. The molecule has 7 aromatic carbocycles. The number of nitrogens with one attached hydrogen (secondary N) is 1. The summed E-state index contributed by atoms with van der Waals surface area (Å²) >= 11 is 0. The smallest absolute Gasteiger partial charge is 0.0488 e. The molecule has 55 heavy (non-hydrogen) atoms. The van der Waals surface area contributed by atoms with Crippen LogP contribution in [0.25, 0.3) is 50.1 Å². The number of rotatable bonds is 9. The van der Waals surface area contributed by atoms with Crippen molar-refractivity contribution in [3.63, 3.8) is 0 Å².